The highest BCUT2D eigenvalue weighted by molar-refractivity contribution is 5.94. The summed E-state index contributed by atoms with van der Waals surface area (Å²) in [6.07, 6.45) is 4.92. The molecule has 2 heterocycles. The molecule has 1 atom stereocenters. The van der Waals surface area contributed by atoms with E-state index in [9.17, 15) is 4.79 Å². The highest BCUT2D eigenvalue weighted by atomic mass is 16.5. The topological polar surface area (TPSA) is 58.4 Å². The molecule has 2 aliphatic rings. The quantitative estimate of drug-likeness (QED) is 0.910. The van der Waals surface area contributed by atoms with E-state index < -0.39 is 0 Å². The number of nitrogens with one attached hydrogen (secondary N) is 1. The van der Waals surface area contributed by atoms with Crippen LogP contribution in [0.5, 0.6) is 0 Å². The van der Waals surface area contributed by atoms with Gasteiger partial charge in [-0.1, -0.05) is 25.9 Å². The molecule has 0 aromatic carbocycles. The maximum Gasteiger partial charge on any atom is 0.273 e. The van der Waals surface area contributed by atoms with Crippen LogP contribution in [0.4, 0.5) is 0 Å². The van der Waals surface area contributed by atoms with Crippen molar-refractivity contribution in [1.82, 2.24) is 15.4 Å². The first-order valence-corrected chi connectivity index (χ1v) is 8.81. The lowest BCUT2D eigenvalue weighted by Gasteiger charge is -2.33. The minimum Gasteiger partial charge on any atom is -0.360 e. The van der Waals surface area contributed by atoms with Crippen LogP contribution >= 0.6 is 0 Å². The molecule has 0 saturated carbocycles. The fourth-order valence-corrected chi connectivity index (χ4v) is 3.73. The Kier molecular flexibility index (Phi) is 4.50. The molecule has 1 saturated heterocycles. The van der Waals surface area contributed by atoms with E-state index in [0.717, 1.165) is 56.5 Å². The van der Waals surface area contributed by atoms with Gasteiger partial charge >= 0.3 is 0 Å². The van der Waals surface area contributed by atoms with Crippen LogP contribution in [-0.2, 0) is 12.8 Å². The van der Waals surface area contributed by atoms with Gasteiger partial charge in [0.1, 0.15) is 5.76 Å². The maximum atomic E-state index is 12.6. The van der Waals surface area contributed by atoms with Crippen LogP contribution < -0.4 is 5.32 Å². The number of rotatable bonds is 2. The fraction of sp³-hybridized carbons (Fsp3) is 0.778. The second-order valence-corrected chi connectivity index (χ2v) is 8.29. The number of amides is 1. The van der Waals surface area contributed by atoms with Crippen LogP contribution in [-0.4, -0.2) is 42.1 Å². The largest absolute Gasteiger partial charge is 0.360 e. The first-order valence-electron chi connectivity index (χ1n) is 8.81. The van der Waals surface area contributed by atoms with E-state index >= 15 is 0 Å². The molecular weight excluding hydrogens is 290 g/mol. The zero-order valence-electron chi connectivity index (χ0n) is 14.8. The van der Waals surface area contributed by atoms with Gasteiger partial charge in [-0.25, -0.2) is 0 Å². The smallest absolute Gasteiger partial charge is 0.273 e. The Bertz CT molecular complexity index is 565. The van der Waals surface area contributed by atoms with Crippen molar-refractivity contribution in [1.29, 1.82) is 0 Å². The SMILES string of the molecule is CN1CCC(NC(=O)c2noc3c2CC(C(C)(C)C)CC3)CC1. The fourth-order valence-electron chi connectivity index (χ4n) is 3.73. The first-order chi connectivity index (χ1) is 10.8. The van der Waals surface area contributed by atoms with E-state index in [1.54, 1.807) is 0 Å². The lowest BCUT2D eigenvalue weighted by Crippen LogP contribution is -2.43. The zero-order valence-corrected chi connectivity index (χ0v) is 14.8. The molecule has 0 radical (unpaired) electrons. The second-order valence-electron chi connectivity index (χ2n) is 8.29. The van der Waals surface area contributed by atoms with Crippen molar-refractivity contribution in [3.05, 3.63) is 17.0 Å². The third-order valence-electron chi connectivity index (χ3n) is 5.53. The van der Waals surface area contributed by atoms with Gasteiger partial charge in [-0.3, -0.25) is 4.79 Å². The molecule has 1 aromatic heterocycles. The van der Waals surface area contributed by atoms with Crippen molar-refractivity contribution >= 4 is 5.91 Å². The van der Waals surface area contributed by atoms with E-state index in [4.69, 9.17) is 4.52 Å². The summed E-state index contributed by atoms with van der Waals surface area (Å²) in [7, 11) is 2.12. The number of aryl methyl sites for hydroxylation is 1. The van der Waals surface area contributed by atoms with Crippen LogP contribution in [0.15, 0.2) is 4.52 Å². The van der Waals surface area contributed by atoms with E-state index in [1.165, 1.54) is 0 Å². The van der Waals surface area contributed by atoms with Gasteiger partial charge in [-0.15, -0.1) is 0 Å². The first kappa shape index (κ1) is 16.5. The molecule has 128 valence electrons. The van der Waals surface area contributed by atoms with E-state index in [2.05, 4.69) is 43.2 Å². The summed E-state index contributed by atoms with van der Waals surface area (Å²) in [6, 6.07) is 0.257. The molecule has 3 rings (SSSR count). The second kappa shape index (κ2) is 6.27. The van der Waals surface area contributed by atoms with Gasteiger partial charge in [-0.2, -0.15) is 0 Å². The molecule has 5 nitrogen and oxygen atoms in total. The average molecular weight is 319 g/mol. The highest BCUT2D eigenvalue weighted by Gasteiger charge is 2.34. The number of hydrogen-bond donors (Lipinski definition) is 1. The van der Waals surface area contributed by atoms with Crippen molar-refractivity contribution in [2.75, 3.05) is 20.1 Å². The molecule has 23 heavy (non-hydrogen) atoms. The molecule has 1 unspecified atom stereocenters. The van der Waals surface area contributed by atoms with Gasteiger partial charge < -0.3 is 14.7 Å². The lowest BCUT2D eigenvalue weighted by atomic mass is 9.71. The van der Waals surface area contributed by atoms with Gasteiger partial charge in [0.25, 0.3) is 5.91 Å². The number of nitrogens with zero attached hydrogens (tertiary/aromatic N) is 2. The van der Waals surface area contributed by atoms with Crippen molar-refractivity contribution in [3.8, 4) is 0 Å². The normalized spacial score (nSPS) is 23.6. The van der Waals surface area contributed by atoms with Crippen molar-refractivity contribution in [2.24, 2.45) is 11.3 Å². The Balaban J connectivity index is 1.70. The zero-order chi connectivity index (χ0) is 16.6. The predicted molar refractivity (Wildman–Crippen MR) is 89.5 cm³/mol. The van der Waals surface area contributed by atoms with Gasteiger partial charge in [0.15, 0.2) is 5.69 Å². The summed E-state index contributed by atoms with van der Waals surface area (Å²) < 4.78 is 5.46. The lowest BCUT2D eigenvalue weighted by molar-refractivity contribution is 0.0906. The molecule has 1 aliphatic carbocycles. The van der Waals surface area contributed by atoms with E-state index in [0.29, 0.717) is 11.6 Å². The number of likely N-dealkylation sites (tertiary alicyclic amines) is 1. The van der Waals surface area contributed by atoms with Gasteiger partial charge in [0.2, 0.25) is 0 Å². The number of carbonyl (C=O) groups is 1. The Labute approximate surface area is 138 Å². The number of aromatic nitrogens is 1. The molecule has 5 heteroatoms. The van der Waals surface area contributed by atoms with Crippen LogP contribution in [0.3, 0.4) is 0 Å². The van der Waals surface area contributed by atoms with Crippen LogP contribution in [0, 0.1) is 11.3 Å². The molecule has 1 fully saturated rings. The highest BCUT2D eigenvalue weighted by Crippen LogP contribution is 2.38. The summed E-state index contributed by atoms with van der Waals surface area (Å²) in [5.41, 5.74) is 1.81. The van der Waals surface area contributed by atoms with Gasteiger partial charge in [0.05, 0.1) is 0 Å². The molecule has 1 N–H and O–H groups in total. The van der Waals surface area contributed by atoms with Crippen LogP contribution in [0.2, 0.25) is 0 Å². The Morgan fingerprint density at radius 2 is 1.96 bits per heavy atom. The summed E-state index contributed by atoms with van der Waals surface area (Å²) in [4.78, 5) is 14.9. The minimum absolute atomic E-state index is 0.0564. The minimum atomic E-state index is -0.0564. The van der Waals surface area contributed by atoms with Gasteiger partial charge in [0, 0.05) is 18.0 Å². The maximum absolute atomic E-state index is 12.6. The Morgan fingerprint density at radius 1 is 1.26 bits per heavy atom. The van der Waals surface area contributed by atoms with Crippen LogP contribution in [0.25, 0.3) is 0 Å². The molecule has 1 aromatic rings. The molecule has 1 amide bonds. The number of carbonyl (C=O) groups excluding carboxylic acids is 1. The van der Waals surface area contributed by atoms with Crippen molar-refractivity contribution < 1.29 is 9.32 Å². The molecule has 1 aliphatic heterocycles. The molecule has 0 spiro atoms. The predicted octanol–water partition coefficient (Wildman–Crippen LogP) is 2.65. The van der Waals surface area contributed by atoms with Crippen molar-refractivity contribution in [3.63, 3.8) is 0 Å². The van der Waals surface area contributed by atoms with E-state index in [1.807, 2.05) is 0 Å². The average Bonchev–Trinajstić information content (AvgIpc) is 2.92. The number of fused-ring (bicyclic) bond motifs is 1. The number of hydrogen-bond acceptors (Lipinski definition) is 4. The summed E-state index contributed by atoms with van der Waals surface area (Å²) in [5, 5.41) is 7.25. The molecular formula is C18H29N3O2. The van der Waals surface area contributed by atoms with E-state index in [-0.39, 0.29) is 17.4 Å². The monoisotopic (exact) mass is 319 g/mol. The third kappa shape index (κ3) is 3.60. The van der Waals surface area contributed by atoms with Crippen LogP contribution in [0.1, 0.15) is 61.8 Å². The van der Waals surface area contributed by atoms with Crippen molar-refractivity contribution in [2.45, 2.75) is 58.9 Å². The summed E-state index contributed by atoms with van der Waals surface area (Å²) >= 11 is 0. The molecule has 0 bridgehead atoms. The Hall–Kier alpha value is -1.36. The number of piperidine rings is 1. The summed E-state index contributed by atoms with van der Waals surface area (Å²) in [6.45, 7) is 8.89. The standard InChI is InChI=1S/C18H29N3O2/c1-18(2,3)12-5-6-15-14(11-12)16(20-23-15)17(22)19-13-7-9-21(4)10-8-13/h12-13H,5-11H2,1-4H3,(H,19,22). The summed E-state index contributed by atoms with van der Waals surface area (Å²) in [5.74, 6) is 1.43. The van der Waals surface area contributed by atoms with Gasteiger partial charge in [-0.05, 0) is 57.2 Å². The Morgan fingerprint density at radius 3 is 2.61 bits per heavy atom. The third-order valence-corrected chi connectivity index (χ3v) is 5.53.